The van der Waals surface area contributed by atoms with Gasteiger partial charge in [0.15, 0.2) is 11.6 Å². The Hall–Kier alpha value is -3.40. The number of aryl methyl sites for hydroxylation is 1. The van der Waals surface area contributed by atoms with E-state index in [9.17, 15) is 26.3 Å². The van der Waals surface area contributed by atoms with Crippen LogP contribution in [-0.2, 0) is 6.42 Å². The van der Waals surface area contributed by atoms with Gasteiger partial charge in [0.25, 0.3) is 0 Å². The van der Waals surface area contributed by atoms with Crippen molar-refractivity contribution in [1.82, 2.24) is 0 Å². The Bertz CT molecular complexity index is 1110. The highest BCUT2D eigenvalue weighted by atomic mass is 19.4. The van der Waals surface area contributed by atoms with E-state index in [-0.39, 0.29) is 5.56 Å². The van der Waals surface area contributed by atoms with Crippen molar-refractivity contribution in [2.24, 2.45) is 0 Å². The number of rotatable bonds is 4. The maximum Gasteiger partial charge on any atom is 0.573 e. The highest BCUT2D eigenvalue weighted by Gasteiger charge is 2.32. The normalized spacial score (nSPS) is 11.1. The molecule has 0 fully saturated rings. The Morgan fingerprint density at radius 1 is 0.774 bits per heavy atom. The lowest BCUT2D eigenvalue weighted by atomic mass is 10.0. The molecule has 0 heterocycles. The minimum absolute atomic E-state index is 0.0681. The lowest BCUT2D eigenvalue weighted by Gasteiger charge is -2.09. The molecule has 3 aromatic rings. The standard InChI is InChI=1S/C24H16F6O/c1-2-3-15-4-8-17(9-5-15)18-13-20(25)19(21(26)14-18)10-6-16-7-11-23(22(27)12-16)31-24(28,29)30/h4-5,7-9,11-14H,2-3H2,1H3. The van der Waals surface area contributed by atoms with Crippen molar-refractivity contribution in [3.8, 4) is 28.7 Å². The van der Waals surface area contributed by atoms with Crippen LogP contribution in [-0.4, -0.2) is 6.36 Å². The number of alkyl halides is 3. The summed E-state index contributed by atoms with van der Waals surface area (Å²) in [6.07, 6.45) is -3.16. The third-order valence-corrected chi connectivity index (χ3v) is 4.36. The first-order valence-electron chi connectivity index (χ1n) is 9.32. The second kappa shape index (κ2) is 9.17. The zero-order valence-corrected chi connectivity index (χ0v) is 16.3. The minimum Gasteiger partial charge on any atom is -0.403 e. The number of halogens is 6. The van der Waals surface area contributed by atoms with Crippen molar-refractivity contribution in [2.45, 2.75) is 26.1 Å². The highest BCUT2D eigenvalue weighted by molar-refractivity contribution is 5.65. The third-order valence-electron chi connectivity index (χ3n) is 4.36. The average molecular weight is 434 g/mol. The van der Waals surface area contributed by atoms with Gasteiger partial charge in [0.1, 0.15) is 11.6 Å². The van der Waals surface area contributed by atoms with Gasteiger partial charge in [-0.2, -0.15) is 0 Å². The van der Waals surface area contributed by atoms with E-state index in [4.69, 9.17) is 0 Å². The van der Waals surface area contributed by atoms with Gasteiger partial charge in [-0.1, -0.05) is 49.5 Å². The molecule has 3 aromatic carbocycles. The van der Waals surface area contributed by atoms with Gasteiger partial charge in [0.2, 0.25) is 0 Å². The predicted molar refractivity (Wildman–Crippen MR) is 105 cm³/mol. The molecule has 0 spiro atoms. The summed E-state index contributed by atoms with van der Waals surface area (Å²) >= 11 is 0. The smallest absolute Gasteiger partial charge is 0.403 e. The van der Waals surface area contributed by atoms with Crippen molar-refractivity contribution in [1.29, 1.82) is 0 Å². The van der Waals surface area contributed by atoms with Crippen LogP contribution >= 0.6 is 0 Å². The van der Waals surface area contributed by atoms with E-state index in [2.05, 4.69) is 23.5 Å². The molecule has 0 amide bonds. The molecule has 1 nitrogen and oxygen atoms in total. The summed E-state index contributed by atoms with van der Waals surface area (Å²) in [5, 5.41) is 0. The van der Waals surface area contributed by atoms with Crippen molar-refractivity contribution < 1.29 is 31.1 Å². The molecule has 7 heteroatoms. The molecule has 0 atom stereocenters. The van der Waals surface area contributed by atoms with Gasteiger partial charge in [0, 0.05) is 5.56 Å². The largest absolute Gasteiger partial charge is 0.573 e. The summed E-state index contributed by atoms with van der Waals surface area (Å²) in [6.45, 7) is 2.05. The van der Waals surface area contributed by atoms with Crippen LogP contribution in [0.4, 0.5) is 26.3 Å². The molecular formula is C24H16F6O. The first-order valence-corrected chi connectivity index (χ1v) is 9.32. The molecule has 0 N–H and O–H groups in total. The van der Waals surface area contributed by atoms with Crippen LogP contribution in [0.2, 0.25) is 0 Å². The van der Waals surface area contributed by atoms with Gasteiger partial charge < -0.3 is 4.74 Å². The van der Waals surface area contributed by atoms with Crippen molar-refractivity contribution in [3.63, 3.8) is 0 Å². The lowest BCUT2D eigenvalue weighted by molar-refractivity contribution is -0.275. The van der Waals surface area contributed by atoms with Crippen molar-refractivity contribution in [2.75, 3.05) is 0 Å². The van der Waals surface area contributed by atoms with Crippen LogP contribution in [0.5, 0.6) is 5.75 Å². The summed E-state index contributed by atoms with van der Waals surface area (Å²) in [7, 11) is 0. The molecule has 0 radical (unpaired) electrons. The van der Waals surface area contributed by atoms with Gasteiger partial charge in [-0.3, -0.25) is 0 Å². The quantitative estimate of drug-likeness (QED) is 0.317. The fourth-order valence-corrected chi connectivity index (χ4v) is 2.93. The second-order valence-corrected chi connectivity index (χ2v) is 6.70. The van der Waals surface area contributed by atoms with E-state index >= 15 is 0 Å². The van der Waals surface area contributed by atoms with Gasteiger partial charge in [0.05, 0.1) is 5.56 Å². The Morgan fingerprint density at radius 3 is 1.97 bits per heavy atom. The molecule has 0 bridgehead atoms. The monoisotopic (exact) mass is 434 g/mol. The second-order valence-electron chi connectivity index (χ2n) is 6.70. The number of hydrogen-bond acceptors (Lipinski definition) is 1. The number of benzene rings is 3. The van der Waals surface area contributed by atoms with Crippen LogP contribution in [0, 0.1) is 29.3 Å². The topological polar surface area (TPSA) is 9.23 Å². The molecule has 160 valence electrons. The zero-order chi connectivity index (χ0) is 22.6. The molecule has 0 aromatic heterocycles. The first kappa shape index (κ1) is 22.3. The molecule has 0 aliphatic rings. The molecule has 3 rings (SSSR count). The summed E-state index contributed by atoms with van der Waals surface area (Å²) in [5.74, 6) is 0.482. The van der Waals surface area contributed by atoms with Crippen LogP contribution in [0.15, 0.2) is 54.6 Å². The summed E-state index contributed by atoms with van der Waals surface area (Å²) in [4.78, 5) is 0. The third kappa shape index (κ3) is 5.82. The van der Waals surface area contributed by atoms with Crippen molar-refractivity contribution in [3.05, 3.63) is 88.7 Å². The van der Waals surface area contributed by atoms with Crippen LogP contribution in [0.1, 0.15) is 30.0 Å². The zero-order valence-electron chi connectivity index (χ0n) is 16.3. The van der Waals surface area contributed by atoms with Crippen molar-refractivity contribution >= 4 is 0 Å². The Labute approximate surface area is 175 Å². The van der Waals surface area contributed by atoms with Gasteiger partial charge in [-0.05, 0) is 53.4 Å². The Kier molecular flexibility index (Phi) is 6.59. The van der Waals surface area contributed by atoms with Crippen LogP contribution in [0.3, 0.4) is 0 Å². The average Bonchev–Trinajstić information content (AvgIpc) is 2.69. The Morgan fingerprint density at radius 2 is 1.42 bits per heavy atom. The maximum atomic E-state index is 14.5. The fourth-order valence-electron chi connectivity index (χ4n) is 2.93. The van der Waals surface area contributed by atoms with E-state index in [1.807, 2.05) is 12.1 Å². The summed E-state index contributed by atoms with van der Waals surface area (Å²) in [5.41, 5.74) is 1.50. The van der Waals surface area contributed by atoms with E-state index < -0.39 is 35.1 Å². The van der Waals surface area contributed by atoms with E-state index in [1.165, 1.54) is 0 Å². The molecule has 0 aliphatic carbocycles. The fraction of sp³-hybridized carbons (Fsp3) is 0.167. The summed E-state index contributed by atoms with van der Waals surface area (Å²) in [6, 6.07) is 12.1. The number of hydrogen-bond donors (Lipinski definition) is 0. The van der Waals surface area contributed by atoms with E-state index in [0.29, 0.717) is 17.2 Å². The number of ether oxygens (including phenoxy) is 1. The van der Waals surface area contributed by atoms with E-state index in [0.717, 1.165) is 42.7 Å². The van der Waals surface area contributed by atoms with Gasteiger partial charge >= 0.3 is 6.36 Å². The molecule has 0 unspecified atom stereocenters. The van der Waals surface area contributed by atoms with Gasteiger partial charge in [-0.15, -0.1) is 13.2 Å². The highest BCUT2D eigenvalue weighted by Crippen LogP contribution is 2.27. The molecular weight excluding hydrogens is 418 g/mol. The van der Waals surface area contributed by atoms with Crippen LogP contribution < -0.4 is 4.74 Å². The SMILES string of the molecule is CCCc1ccc(-c2cc(F)c(C#Cc3ccc(OC(F)(F)F)c(F)c3)c(F)c2)cc1. The van der Waals surface area contributed by atoms with Gasteiger partial charge in [-0.25, -0.2) is 13.2 Å². The molecule has 0 aliphatic heterocycles. The molecule has 31 heavy (non-hydrogen) atoms. The molecule has 0 saturated carbocycles. The predicted octanol–water partition coefficient (Wildman–Crippen LogP) is 7.02. The summed E-state index contributed by atoms with van der Waals surface area (Å²) < 4.78 is 82.8. The first-order chi connectivity index (χ1) is 14.7. The van der Waals surface area contributed by atoms with Crippen LogP contribution in [0.25, 0.3) is 11.1 Å². The maximum absolute atomic E-state index is 14.5. The minimum atomic E-state index is -5.04. The molecule has 0 saturated heterocycles. The van der Waals surface area contributed by atoms with E-state index in [1.54, 1.807) is 12.1 Å². The Balaban J connectivity index is 1.85. The lowest BCUT2D eigenvalue weighted by Crippen LogP contribution is -2.17.